The summed E-state index contributed by atoms with van der Waals surface area (Å²) in [5.74, 6) is 0.517. The first-order valence-corrected chi connectivity index (χ1v) is 9.99. The van der Waals surface area contributed by atoms with Crippen molar-refractivity contribution in [3.63, 3.8) is 0 Å². The van der Waals surface area contributed by atoms with Crippen LogP contribution in [-0.4, -0.2) is 67.0 Å². The molecule has 1 fully saturated rings. The van der Waals surface area contributed by atoms with Gasteiger partial charge in [-0.05, 0) is 46.5 Å². The molecule has 1 atom stereocenters. The van der Waals surface area contributed by atoms with E-state index >= 15 is 0 Å². The van der Waals surface area contributed by atoms with Crippen LogP contribution in [0.2, 0.25) is 0 Å². The van der Waals surface area contributed by atoms with Crippen molar-refractivity contribution in [2.24, 2.45) is 16.6 Å². The monoisotopic (exact) mass is 527 g/mol. The number of nitrogens with two attached hydrogens (primary N) is 1. The van der Waals surface area contributed by atoms with Crippen LogP contribution in [0.25, 0.3) is 0 Å². The van der Waals surface area contributed by atoms with Crippen LogP contribution in [-0.2, 0) is 9.47 Å². The quantitative estimate of drug-likeness (QED) is 0.278. The van der Waals surface area contributed by atoms with Crippen molar-refractivity contribution in [1.82, 2.24) is 15.5 Å². The van der Waals surface area contributed by atoms with Crippen molar-refractivity contribution >= 4 is 42.1 Å². The van der Waals surface area contributed by atoms with Crippen LogP contribution in [0.3, 0.4) is 0 Å². The Hall–Kier alpha value is -1.46. The molecular formula is C19H38IN5O4. The number of carbonyl (C=O) groups excluding carboxylic acids is 2. The van der Waals surface area contributed by atoms with E-state index in [-0.39, 0.29) is 48.1 Å². The summed E-state index contributed by atoms with van der Waals surface area (Å²) in [4.78, 5) is 29.8. The fourth-order valence-electron chi connectivity index (χ4n) is 2.75. The molecule has 0 saturated carbocycles. The number of rotatable bonds is 6. The van der Waals surface area contributed by atoms with Crippen molar-refractivity contribution in [3.8, 4) is 0 Å². The average Bonchev–Trinajstić information content (AvgIpc) is 2.57. The molecule has 29 heavy (non-hydrogen) atoms. The lowest BCUT2D eigenvalue weighted by molar-refractivity contribution is 0.0492. The number of likely N-dealkylation sites (tertiary alicyclic amines) is 1. The summed E-state index contributed by atoms with van der Waals surface area (Å²) in [6, 6.07) is -0.0217. The fraction of sp³-hybridized carbons (Fsp3) is 0.842. The molecule has 9 nitrogen and oxygen atoms in total. The summed E-state index contributed by atoms with van der Waals surface area (Å²) in [7, 11) is 0. The number of ether oxygens (including phenoxy) is 2. The zero-order chi connectivity index (χ0) is 21.3. The van der Waals surface area contributed by atoms with Crippen molar-refractivity contribution in [3.05, 3.63) is 0 Å². The number of guanidine groups is 1. The van der Waals surface area contributed by atoms with Gasteiger partial charge in [0.05, 0.1) is 19.2 Å². The Bertz CT molecular complexity index is 543. The van der Waals surface area contributed by atoms with Gasteiger partial charge in [-0.15, -0.1) is 24.0 Å². The Morgan fingerprint density at radius 1 is 1.24 bits per heavy atom. The van der Waals surface area contributed by atoms with Gasteiger partial charge in [-0.3, -0.25) is 4.99 Å². The minimum absolute atomic E-state index is 0. The minimum Gasteiger partial charge on any atom is -0.450 e. The van der Waals surface area contributed by atoms with E-state index in [1.54, 1.807) is 11.8 Å². The fourth-order valence-corrected chi connectivity index (χ4v) is 2.75. The average molecular weight is 527 g/mol. The number of nitrogens with one attached hydrogen (secondary N) is 2. The highest BCUT2D eigenvalue weighted by molar-refractivity contribution is 14.0. The summed E-state index contributed by atoms with van der Waals surface area (Å²) in [5.41, 5.74) is 5.47. The molecule has 2 amide bonds. The number of amides is 2. The molecule has 1 saturated heterocycles. The van der Waals surface area contributed by atoms with Gasteiger partial charge in [0.15, 0.2) is 5.96 Å². The summed E-state index contributed by atoms with van der Waals surface area (Å²) in [5, 5.41) is 6.05. The summed E-state index contributed by atoms with van der Waals surface area (Å²) in [6.45, 7) is 13.3. The molecule has 0 bridgehead atoms. The topological polar surface area (TPSA) is 118 Å². The van der Waals surface area contributed by atoms with E-state index in [0.717, 1.165) is 12.8 Å². The molecule has 0 radical (unpaired) electrons. The van der Waals surface area contributed by atoms with E-state index in [1.807, 2.05) is 34.6 Å². The van der Waals surface area contributed by atoms with E-state index < -0.39 is 11.7 Å². The molecule has 1 heterocycles. The van der Waals surface area contributed by atoms with Gasteiger partial charge in [-0.25, -0.2) is 9.59 Å². The van der Waals surface area contributed by atoms with Crippen molar-refractivity contribution in [2.45, 2.75) is 72.1 Å². The van der Waals surface area contributed by atoms with E-state index in [9.17, 15) is 9.59 Å². The molecule has 1 unspecified atom stereocenters. The van der Waals surface area contributed by atoms with Crippen LogP contribution in [0.4, 0.5) is 9.59 Å². The van der Waals surface area contributed by atoms with Crippen LogP contribution in [0.5, 0.6) is 0 Å². The Kier molecular flexibility index (Phi) is 12.3. The normalized spacial score (nSPS) is 16.7. The SMILES string of the molecule is CCOC(=O)N1CCC(NC(N)=NCC(NC(=O)OC(C)(C)C)C(C)C)CC1.I. The van der Waals surface area contributed by atoms with Crippen LogP contribution < -0.4 is 16.4 Å². The molecule has 0 aliphatic carbocycles. The van der Waals surface area contributed by atoms with E-state index in [0.29, 0.717) is 32.2 Å². The second-order valence-electron chi connectivity index (χ2n) is 8.33. The van der Waals surface area contributed by atoms with Gasteiger partial charge in [0.2, 0.25) is 0 Å². The van der Waals surface area contributed by atoms with Crippen molar-refractivity contribution in [2.75, 3.05) is 26.2 Å². The molecular weight excluding hydrogens is 489 g/mol. The highest BCUT2D eigenvalue weighted by Gasteiger charge is 2.24. The molecule has 0 aromatic rings. The maximum absolute atomic E-state index is 12.0. The maximum Gasteiger partial charge on any atom is 0.409 e. The van der Waals surface area contributed by atoms with Crippen molar-refractivity contribution < 1.29 is 19.1 Å². The number of hydrogen-bond donors (Lipinski definition) is 3. The van der Waals surface area contributed by atoms with Crippen LogP contribution in [0, 0.1) is 5.92 Å². The molecule has 1 rings (SSSR count). The zero-order valence-corrected chi connectivity index (χ0v) is 20.8. The Morgan fingerprint density at radius 2 is 1.83 bits per heavy atom. The Morgan fingerprint density at radius 3 is 2.31 bits per heavy atom. The molecule has 170 valence electrons. The molecule has 1 aliphatic rings. The van der Waals surface area contributed by atoms with Gasteiger partial charge in [0, 0.05) is 19.1 Å². The third-order valence-electron chi connectivity index (χ3n) is 4.34. The first-order chi connectivity index (χ1) is 13.0. The summed E-state index contributed by atoms with van der Waals surface area (Å²) in [6.07, 6.45) is 0.826. The summed E-state index contributed by atoms with van der Waals surface area (Å²) >= 11 is 0. The first-order valence-electron chi connectivity index (χ1n) is 9.99. The lowest BCUT2D eigenvalue weighted by Gasteiger charge is -2.32. The predicted molar refractivity (Wildman–Crippen MR) is 125 cm³/mol. The van der Waals surface area contributed by atoms with Crippen LogP contribution in [0.1, 0.15) is 54.4 Å². The standard InChI is InChI=1S/C19H37N5O4.HI/c1-7-27-18(26)24-10-8-14(9-11-24)22-16(20)21-12-15(13(2)3)23-17(25)28-19(4,5)6;/h13-15H,7-12H2,1-6H3,(H,23,25)(H3,20,21,22);1H. The second-order valence-corrected chi connectivity index (χ2v) is 8.33. The van der Waals surface area contributed by atoms with Crippen LogP contribution >= 0.6 is 24.0 Å². The first kappa shape index (κ1) is 27.5. The third kappa shape index (κ3) is 11.3. The Balaban J connectivity index is 0.00000784. The number of carbonyl (C=O) groups is 2. The lowest BCUT2D eigenvalue weighted by atomic mass is 10.0. The summed E-state index contributed by atoms with van der Waals surface area (Å²) < 4.78 is 10.3. The van der Waals surface area contributed by atoms with Gasteiger partial charge in [0.25, 0.3) is 0 Å². The molecule has 10 heteroatoms. The lowest BCUT2D eigenvalue weighted by Crippen LogP contribution is -2.49. The van der Waals surface area contributed by atoms with E-state index in [4.69, 9.17) is 15.2 Å². The van der Waals surface area contributed by atoms with Gasteiger partial charge in [-0.1, -0.05) is 13.8 Å². The van der Waals surface area contributed by atoms with Gasteiger partial charge in [0.1, 0.15) is 5.60 Å². The molecule has 0 aromatic carbocycles. The van der Waals surface area contributed by atoms with E-state index in [2.05, 4.69) is 15.6 Å². The smallest absolute Gasteiger partial charge is 0.409 e. The van der Waals surface area contributed by atoms with Gasteiger partial charge < -0.3 is 30.7 Å². The highest BCUT2D eigenvalue weighted by atomic mass is 127. The number of aliphatic imine (C=N–C) groups is 1. The Labute approximate surface area is 191 Å². The number of piperidine rings is 1. The molecule has 4 N–H and O–H groups in total. The maximum atomic E-state index is 12.0. The van der Waals surface area contributed by atoms with Gasteiger partial charge in [-0.2, -0.15) is 0 Å². The number of alkyl carbamates (subject to hydrolysis) is 1. The number of nitrogens with zero attached hydrogens (tertiary/aromatic N) is 2. The van der Waals surface area contributed by atoms with Crippen molar-refractivity contribution in [1.29, 1.82) is 0 Å². The zero-order valence-electron chi connectivity index (χ0n) is 18.5. The number of halogens is 1. The molecule has 0 aromatic heterocycles. The highest BCUT2D eigenvalue weighted by Crippen LogP contribution is 2.12. The van der Waals surface area contributed by atoms with Crippen LogP contribution in [0.15, 0.2) is 4.99 Å². The van der Waals surface area contributed by atoms with E-state index in [1.165, 1.54) is 0 Å². The number of hydrogen-bond acceptors (Lipinski definition) is 5. The van der Waals surface area contributed by atoms with Gasteiger partial charge >= 0.3 is 12.2 Å². The predicted octanol–water partition coefficient (Wildman–Crippen LogP) is 2.68. The third-order valence-corrected chi connectivity index (χ3v) is 4.34. The largest absolute Gasteiger partial charge is 0.450 e. The molecule has 1 aliphatic heterocycles. The second kappa shape index (κ2) is 13.0. The molecule has 0 spiro atoms. The minimum atomic E-state index is -0.548.